The van der Waals surface area contributed by atoms with Gasteiger partial charge >= 0.3 is 6.09 Å². The van der Waals surface area contributed by atoms with Crippen LogP contribution in [0.3, 0.4) is 0 Å². The molecule has 4 bridgehead atoms. The summed E-state index contributed by atoms with van der Waals surface area (Å²) in [4.78, 5) is 36.8. The Morgan fingerprint density at radius 3 is 2.70 bits per heavy atom. The third kappa shape index (κ3) is 7.19. The number of benzene rings is 1. The lowest BCUT2D eigenvalue weighted by molar-refractivity contribution is 0.0589. The van der Waals surface area contributed by atoms with Crippen LogP contribution in [0.4, 0.5) is 22.0 Å². The van der Waals surface area contributed by atoms with Crippen molar-refractivity contribution in [2.75, 3.05) is 30.5 Å². The van der Waals surface area contributed by atoms with E-state index in [-0.39, 0.29) is 24.2 Å². The summed E-state index contributed by atoms with van der Waals surface area (Å²) in [6, 6.07) is 6.41. The van der Waals surface area contributed by atoms with Gasteiger partial charge in [-0.25, -0.2) is 19.3 Å². The zero-order chi connectivity index (χ0) is 31.8. The molecule has 0 saturated heterocycles. The summed E-state index contributed by atoms with van der Waals surface area (Å²) in [5, 5.41) is 11.0. The van der Waals surface area contributed by atoms with Crippen LogP contribution in [0, 0.1) is 0 Å². The maximum absolute atomic E-state index is 13.3. The molecule has 0 fully saturated rings. The fourth-order valence-corrected chi connectivity index (χ4v) is 5.55. The van der Waals surface area contributed by atoms with E-state index in [2.05, 4.69) is 40.2 Å². The number of ether oxygens (including phenoxy) is 3. The Morgan fingerprint density at radius 1 is 1.20 bits per heavy atom. The number of carbonyl (C=O) groups is 2. The molecule has 14 heteroatoms. The Morgan fingerprint density at radius 2 is 1.98 bits per heavy atom. The molecule has 1 aromatic carbocycles. The van der Waals surface area contributed by atoms with Gasteiger partial charge in [-0.3, -0.25) is 9.69 Å². The SMILES string of the molecule is C[C@@H]1COCc2cc(cc3ncn(COCC[Si](C)(C)C)c23)Nc2cc(N(C)C(=O)OC(C)(C)C)c3ncc(n3n2)C(=O)N1. The molecule has 0 aliphatic carbocycles. The molecule has 3 aromatic heterocycles. The summed E-state index contributed by atoms with van der Waals surface area (Å²) in [5.74, 6) is 0.0241. The first-order valence-electron chi connectivity index (χ1n) is 14.8. The number of nitrogens with one attached hydrogen (secondary N) is 2. The Kier molecular flexibility index (Phi) is 8.69. The van der Waals surface area contributed by atoms with Crippen LogP contribution in [0.2, 0.25) is 25.7 Å². The van der Waals surface area contributed by atoms with Crippen LogP contribution < -0.4 is 15.5 Å². The molecule has 44 heavy (non-hydrogen) atoms. The summed E-state index contributed by atoms with van der Waals surface area (Å²) >= 11 is 0. The van der Waals surface area contributed by atoms with Crippen molar-refractivity contribution >= 4 is 53.9 Å². The fourth-order valence-electron chi connectivity index (χ4n) is 4.80. The summed E-state index contributed by atoms with van der Waals surface area (Å²) in [7, 11) is 0.388. The van der Waals surface area contributed by atoms with E-state index in [0.717, 1.165) is 28.3 Å². The van der Waals surface area contributed by atoms with Crippen molar-refractivity contribution in [3.05, 3.63) is 42.0 Å². The molecule has 1 atom stereocenters. The largest absolute Gasteiger partial charge is 0.443 e. The van der Waals surface area contributed by atoms with Gasteiger partial charge in [0.1, 0.15) is 12.3 Å². The zero-order valence-corrected chi connectivity index (χ0v) is 27.7. The van der Waals surface area contributed by atoms with Crippen molar-refractivity contribution in [1.29, 1.82) is 0 Å². The molecule has 0 radical (unpaired) electrons. The maximum Gasteiger partial charge on any atom is 0.414 e. The van der Waals surface area contributed by atoms with Gasteiger partial charge in [0.2, 0.25) is 0 Å². The van der Waals surface area contributed by atoms with Crippen molar-refractivity contribution in [3.63, 3.8) is 0 Å². The van der Waals surface area contributed by atoms with Crippen molar-refractivity contribution in [2.24, 2.45) is 0 Å². The third-order valence-corrected chi connectivity index (χ3v) is 8.71. The van der Waals surface area contributed by atoms with E-state index >= 15 is 0 Å². The van der Waals surface area contributed by atoms with Crippen molar-refractivity contribution in [2.45, 2.75) is 78.4 Å². The molecule has 4 heterocycles. The van der Waals surface area contributed by atoms with E-state index in [1.807, 2.05) is 23.6 Å². The van der Waals surface area contributed by atoms with Crippen LogP contribution in [0.15, 0.2) is 30.7 Å². The number of nitrogens with zero attached hydrogens (tertiary/aromatic N) is 6. The van der Waals surface area contributed by atoms with Gasteiger partial charge in [-0.2, -0.15) is 0 Å². The average molecular weight is 623 g/mol. The predicted molar refractivity (Wildman–Crippen MR) is 171 cm³/mol. The molecule has 4 aromatic rings. The number of imidazole rings is 2. The van der Waals surface area contributed by atoms with E-state index in [4.69, 9.17) is 19.3 Å². The molecule has 236 valence electrons. The number of anilines is 3. The topological polar surface area (TPSA) is 137 Å². The second-order valence-electron chi connectivity index (χ2n) is 13.4. The van der Waals surface area contributed by atoms with Crippen LogP contribution in [-0.4, -0.2) is 76.1 Å². The van der Waals surface area contributed by atoms with Crippen molar-refractivity contribution in [3.8, 4) is 0 Å². The minimum absolute atomic E-state index is 0.218. The van der Waals surface area contributed by atoms with Gasteiger partial charge in [-0.05, 0) is 45.9 Å². The number of rotatable bonds is 6. The summed E-state index contributed by atoms with van der Waals surface area (Å²) < 4.78 is 21.1. The van der Waals surface area contributed by atoms with E-state index in [1.165, 1.54) is 15.6 Å². The minimum Gasteiger partial charge on any atom is -0.443 e. The molecule has 0 spiro atoms. The Bertz CT molecular complexity index is 1690. The fraction of sp³-hybridized carbons (Fsp3) is 0.500. The van der Waals surface area contributed by atoms with Crippen molar-refractivity contribution < 1.29 is 23.8 Å². The second-order valence-corrected chi connectivity index (χ2v) is 19.0. The highest BCUT2D eigenvalue weighted by molar-refractivity contribution is 6.76. The molecule has 5 rings (SSSR count). The minimum atomic E-state index is -1.21. The van der Waals surface area contributed by atoms with E-state index in [9.17, 15) is 9.59 Å². The van der Waals surface area contributed by atoms with Gasteiger partial charge in [0.05, 0.1) is 42.5 Å². The predicted octanol–water partition coefficient (Wildman–Crippen LogP) is 5.15. The van der Waals surface area contributed by atoms with Crippen LogP contribution >= 0.6 is 0 Å². The Labute approximate surface area is 257 Å². The normalized spacial score (nSPS) is 16.1. The summed E-state index contributed by atoms with van der Waals surface area (Å²) in [5.41, 5.74) is 3.57. The molecular formula is C30H42N8O5Si. The highest BCUT2D eigenvalue weighted by Crippen LogP contribution is 2.30. The molecule has 1 aliphatic heterocycles. The molecule has 13 nitrogen and oxygen atoms in total. The quantitative estimate of drug-likeness (QED) is 0.221. The number of amides is 2. The Balaban J connectivity index is 1.56. The van der Waals surface area contributed by atoms with Gasteiger partial charge in [-0.15, -0.1) is 5.10 Å². The molecule has 1 aliphatic rings. The van der Waals surface area contributed by atoms with E-state index in [0.29, 0.717) is 37.1 Å². The molecular weight excluding hydrogens is 580 g/mol. The molecule has 0 saturated carbocycles. The standard InChI is InChI=1S/C30H42N8O5Si/c1-19-15-42-16-20-11-21(12-22-26(20)37(17-32-22)18-41-9-10-44(6,7)8)34-25-13-23(36(5)29(40)43-30(2,3)4)27-31-14-24(28(39)33-19)38(27)35-25/h11-14,17,19H,9-10,15-16,18H2,1-8H3,(H,33,39)(H,34,35)/t19-/m1/s1. The van der Waals surface area contributed by atoms with Crippen LogP contribution in [0.5, 0.6) is 0 Å². The van der Waals surface area contributed by atoms with Gasteiger partial charge < -0.3 is 29.4 Å². The first-order chi connectivity index (χ1) is 20.7. The summed E-state index contributed by atoms with van der Waals surface area (Å²) in [6.45, 7) is 15.9. The number of carbonyl (C=O) groups excluding carboxylic acids is 2. The number of aromatic nitrogens is 5. The Hall–Kier alpha value is -4.01. The van der Waals surface area contributed by atoms with Crippen molar-refractivity contribution in [1.82, 2.24) is 29.5 Å². The van der Waals surface area contributed by atoms with E-state index < -0.39 is 19.8 Å². The summed E-state index contributed by atoms with van der Waals surface area (Å²) in [6.07, 6.45) is 2.65. The highest BCUT2D eigenvalue weighted by atomic mass is 28.3. The van der Waals surface area contributed by atoms with Crippen LogP contribution in [-0.2, 0) is 27.5 Å². The monoisotopic (exact) mass is 622 g/mol. The lowest BCUT2D eigenvalue weighted by atomic mass is 10.1. The van der Waals surface area contributed by atoms with Gasteiger partial charge in [0, 0.05) is 45.1 Å². The second kappa shape index (κ2) is 12.2. The first kappa shape index (κ1) is 31.4. The average Bonchev–Trinajstić information content (AvgIpc) is 3.52. The van der Waals surface area contributed by atoms with Gasteiger partial charge in [0.25, 0.3) is 5.91 Å². The molecule has 0 unspecified atom stereocenters. The van der Waals surface area contributed by atoms with Gasteiger partial charge in [-0.1, -0.05) is 19.6 Å². The van der Waals surface area contributed by atoms with Gasteiger partial charge in [0.15, 0.2) is 17.2 Å². The number of hydrogen-bond acceptors (Lipinski definition) is 9. The third-order valence-electron chi connectivity index (χ3n) is 7.00. The highest BCUT2D eigenvalue weighted by Gasteiger charge is 2.26. The lowest BCUT2D eigenvalue weighted by Crippen LogP contribution is -2.37. The molecule has 2 N–H and O–H groups in total. The lowest BCUT2D eigenvalue weighted by Gasteiger charge is -2.25. The first-order valence-corrected chi connectivity index (χ1v) is 18.5. The maximum atomic E-state index is 13.3. The smallest absolute Gasteiger partial charge is 0.414 e. The molecule has 2 amide bonds. The number of fused-ring (bicyclic) bond motifs is 5. The zero-order valence-electron chi connectivity index (χ0n) is 26.7. The number of hydrogen-bond donors (Lipinski definition) is 2. The van der Waals surface area contributed by atoms with Crippen LogP contribution in [0.1, 0.15) is 43.7 Å². The van der Waals surface area contributed by atoms with Crippen LogP contribution in [0.25, 0.3) is 16.7 Å². The van der Waals surface area contributed by atoms with E-state index in [1.54, 1.807) is 40.2 Å².